The zero-order valence-corrected chi connectivity index (χ0v) is 20.5. The lowest BCUT2D eigenvalue weighted by Gasteiger charge is -2.33. The first-order valence-electron chi connectivity index (χ1n) is 10.8. The van der Waals surface area contributed by atoms with Crippen LogP contribution in [0, 0.1) is 17.8 Å². The molecule has 0 aromatic rings. The lowest BCUT2D eigenvalue weighted by Crippen LogP contribution is -2.48. The van der Waals surface area contributed by atoms with Crippen molar-refractivity contribution in [1.29, 1.82) is 0 Å². The van der Waals surface area contributed by atoms with Crippen LogP contribution in [-0.4, -0.2) is 57.7 Å². The maximum Gasteiger partial charge on any atom is 0.191 e. The van der Waals surface area contributed by atoms with Crippen molar-refractivity contribution in [2.45, 2.75) is 70.9 Å². The van der Waals surface area contributed by atoms with Crippen LogP contribution in [0.5, 0.6) is 0 Å². The number of nitrogens with zero attached hydrogens (tertiary/aromatic N) is 1. The van der Waals surface area contributed by atoms with E-state index < -0.39 is 9.84 Å². The summed E-state index contributed by atoms with van der Waals surface area (Å²) in [6.07, 6.45) is 8.06. The Morgan fingerprint density at radius 3 is 2.57 bits per heavy atom. The molecule has 6 nitrogen and oxygen atoms in total. The summed E-state index contributed by atoms with van der Waals surface area (Å²) in [7, 11) is -2.84. The molecule has 3 aliphatic rings. The lowest BCUT2D eigenvalue weighted by molar-refractivity contribution is 0.0194. The summed E-state index contributed by atoms with van der Waals surface area (Å²) in [6.45, 7) is 6.88. The standard InChI is InChI=1S/C20H37N3O3S.HI/c1-15-6-7-18(11-16(15)2)23-20(22-13-19-5-3-4-9-26-19)21-12-17-8-10-27(24,25)14-17;/h15-19H,3-14H2,1-2H3,(H2,21,22,23);1H. The largest absolute Gasteiger partial charge is 0.376 e. The van der Waals surface area contributed by atoms with E-state index in [4.69, 9.17) is 9.73 Å². The van der Waals surface area contributed by atoms with Crippen LogP contribution in [0.1, 0.15) is 58.8 Å². The highest BCUT2D eigenvalue weighted by Crippen LogP contribution is 2.29. The van der Waals surface area contributed by atoms with Crippen LogP contribution in [0.25, 0.3) is 0 Å². The average molecular weight is 528 g/mol. The molecule has 1 aliphatic carbocycles. The van der Waals surface area contributed by atoms with E-state index in [0.717, 1.165) is 50.2 Å². The summed E-state index contributed by atoms with van der Waals surface area (Å²) < 4.78 is 29.2. The number of aliphatic imine (C=N–C) groups is 1. The van der Waals surface area contributed by atoms with Gasteiger partial charge in [0.2, 0.25) is 0 Å². The highest BCUT2D eigenvalue weighted by Gasteiger charge is 2.28. The van der Waals surface area contributed by atoms with Gasteiger partial charge in [-0.3, -0.25) is 4.99 Å². The van der Waals surface area contributed by atoms with E-state index >= 15 is 0 Å². The van der Waals surface area contributed by atoms with Gasteiger partial charge >= 0.3 is 0 Å². The highest BCUT2D eigenvalue weighted by atomic mass is 127. The number of hydrogen-bond donors (Lipinski definition) is 2. The molecule has 2 saturated heterocycles. The summed E-state index contributed by atoms with van der Waals surface area (Å²) in [4.78, 5) is 4.77. The van der Waals surface area contributed by atoms with Gasteiger partial charge in [-0.05, 0) is 62.7 Å². The fourth-order valence-corrected chi connectivity index (χ4v) is 6.29. The Balaban J connectivity index is 0.00000280. The second kappa shape index (κ2) is 11.3. The normalized spacial score (nSPS) is 35.8. The average Bonchev–Trinajstić information content (AvgIpc) is 3.00. The molecule has 164 valence electrons. The number of ether oxygens (including phenoxy) is 1. The van der Waals surface area contributed by atoms with Crippen LogP contribution in [0.15, 0.2) is 4.99 Å². The number of nitrogens with one attached hydrogen (secondary N) is 2. The van der Waals surface area contributed by atoms with Gasteiger partial charge < -0.3 is 15.4 Å². The molecule has 0 amide bonds. The van der Waals surface area contributed by atoms with Gasteiger partial charge in [0.05, 0.1) is 17.6 Å². The molecule has 2 heterocycles. The van der Waals surface area contributed by atoms with Crippen LogP contribution in [-0.2, 0) is 14.6 Å². The molecular formula is C20H38IN3O3S. The number of rotatable bonds is 5. The van der Waals surface area contributed by atoms with Crippen molar-refractivity contribution in [3.8, 4) is 0 Å². The zero-order valence-electron chi connectivity index (χ0n) is 17.4. The number of halogens is 1. The molecule has 3 fully saturated rings. The Kier molecular flexibility index (Phi) is 9.80. The van der Waals surface area contributed by atoms with Crippen molar-refractivity contribution < 1.29 is 13.2 Å². The third-order valence-electron chi connectivity index (χ3n) is 6.54. The van der Waals surface area contributed by atoms with E-state index in [9.17, 15) is 8.42 Å². The van der Waals surface area contributed by atoms with Gasteiger partial charge in [-0.2, -0.15) is 0 Å². The van der Waals surface area contributed by atoms with Crippen LogP contribution in [0.2, 0.25) is 0 Å². The van der Waals surface area contributed by atoms with Crippen molar-refractivity contribution in [3.05, 3.63) is 0 Å². The Morgan fingerprint density at radius 2 is 1.93 bits per heavy atom. The topological polar surface area (TPSA) is 79.8 Å². The Morgan fingerprint density at radius 1 is 1.11 bits per heavy atom. The van der Waals surface area contributed by atoms with Crippen molar-refractivity contribution >= 4 is 39.8 Å². The summed E-state index contributed by atoms with van der Waals surface area (Å²) >= 11 is 0. The predicted octanol–water partition coefficient (Wildman–Crippen LogP) is 2.97. The van der Waals surface area contributed by atoms with Gasteiger partial charge in [0.25, 0.3) is 0 Å². The molecule has 5 unspecified atom stereocenters. The first-order chi connectivity index (χ1) is 12.9. The second-order valence-electron chi connectivity index (χ2n) is 8.94. The van der Waals surface area contributed by atoms with E-state index in [2.05, 4.69) is 24.5 Å². The van der Waals surface area contributed by atoms with Gasteiger partial charge in [0.15, 0.2) is 15.8 Å². The molecule has 0 spiro atoms. The van der Waals surface area contributed by atoms with Gasteiger partial charge in [0.1, 0.15) is 0 Å². The molecule has 0 radical (unpaired) electrons. The molecule has 28 heavy (non-hydrogen) atoms. The molecular weight excluding hydrogens is 489 g/mol. The number of sulfone groups is 1. The third-order valence-corrected chi connectivity index (χ3v) is 8.38. The van der Waals surface area contributed by atoms with Crippen LogP contribution < -0.4 is 10.6 Å². The highest BCUT2D eigenvalue weighted by molar-refractivity contribution is 14.0. The lowest BCUT2D eigenvalue weighted by atomic mass is 9.79. The minimum atomic E-state index is -2.84. The fourth-order valence-electron chi connectivity index (χ4n) is 4.44. The van der Waals surface area contributed by atoms with Crippen LogP contribution in [0.3, 0.4) is 0 Å². The van der Waals surface area contributed by atoms with Gasteiger partial charge in [-0.1, -0.05) is 13.8 Å². The minimum Gasteiger partial charge on any atom is -0.376 e. The summed E-state index contributed by atoms with van der Waals surface area (Å²) in [6, 6.07) is 0.446. The van der Waals surface area contributed by atoms with E-state index in [1.54, 1.807) is 0 Å². The molecule has 1 saturated carbocycles. The van der Waals surface area contributed by atoms with Crippen LogP contribution in [0.4, 0.5) is 0 Å². The van der Waals surface area contributed by atoms with Gasteiger partial charge in [0, 0.05) is 25.7 Å². The summed E-state index contributed by atoms with van der Waals surface area (Å²) in [5, 5.41) is 7.10. The quantitative estimate of drug-likeness (QED) is 0.327. The summed E-state index contributed by atoms with van der Waals surface area (Å²) in [5.74, 6) is 3.10. The first-order valence-corrected chi connectivity index (χ1v) is 12.6. The van der Waals surface area contributed by atoms with E-state index in [-0.39, 0.29) is 41.8 Å². The Hall–Kier alpha value is -0.0900. The number of guanidine groups is 1. The molecule has 3 rings (SSSR count). The smallest absolute Gasteiger partial charge is 0.191 e. The molecule has 5 atom stereocenters. The Labute approximate surface area is 188 Å². The molecule has 0 aromatic carbocycles. The van der Waals surface area contributed by atoms with E-state index in [1.807, 2.05) is 0 Å². The molecule has 2 N–H and O–H groups in total. The maximum atomic E-state index is 11.7. The second-order valence-corrected chi connectivity index (χ2v) is 11.2. The summed E-state index contributed by atoms with van der Waals surface area (Å²) in [5.41, 5.74) is 0. The first kappa shape index (κ1) is 24.2. The zero-order chi connectivity index (χ0) is 19.3. The maximum absolute atomic E-state index is 11.7. The van der Waals surface area contributed by atoms with Crippen molar-refractivity contribution in [3.63, 3.8) is 0 Å². The van der Waals surface area contributed by atoms with Gasteiger partial charge in [-0.15, -0.1) is 24.0 Å². The monoisotopic (exact) mass is 527 g/mol. The molecule has 0 bridgehead atoms. The number of hydrogen-bond acceptors (Lipinski definition) is 4. The van der Waals surface area contributed by atoms with Crippen LogP contribution >= 0.6 is 24.0 Å². The fraction of sp³-hybridized carbons (Fsp3) is 0.950. The predicted molar refractivity (Wildman–Crippen MR) is 125 cm³/mol. The Bertz CT molecular complexity index is 608. The SMILES string of the molecule is CC1CCC(NC(=NCC2CCS(=O)(=O)C2)NCC2CCCCO2)CC1C.I. The molecule has 0 aromatic heterocycles. The van der Waals surface area contributed by atoms with E-state index in [0.29, 0.717) is 18.3 Å². The molecule has 8 heteroatoms. The van der Waals surface area contributed by atoms with Crippen molar-refractivity contribution in [1.82, 2.24) is 10.6 Å². The third kappa shape index (κ3) is 7.63. The van der Waals surface area contributed by atoms with Crippen molar-refractivity contribution in [2.24, 2.45) is 22.7 Å². The van der Waals surface area contributed by atoms with Crippen molar-refractivity contribution in [2.75, 3.05) is 31.2 Å². The molecule has 2 aliphatic heterocycles. The van der Waals surface area contributed by atoms with E-state index in [1.165, 1.54) is 25.7 Å². The minimum absolute atomic E-state index is 0. The van der Waals surface area contributed by atoms with Gasteiger partial charge in [-0.25, -0.2) is 8.42 Å².